The molecule has 0 aromatic rings. The maximum atomic E-state index is 12.4. The Morgan fingerprint density at radius 1 is 1.25 bits per heavy atom. The van der Waals surface area contributed by atoms with E-state index in [9.17, 15) is 14.7 Å². The summed E-state index contributed by atoms with van der Waals surface area (Å²) in [4.78, 5) is 25.7. The second kappa shape index (κ2) is 5.26. The summed E-state index contributed by atoms with van der Waals surface area (Å²) in [5, 5.41) is 9.70. The third-order valence-electron chi connectivity index (χ3n) is 4.19. The van der Waals surface area contributed by atoms with Crippen molar-refractivity contribution in [3.63, 3.8) is 0 Å². The molecule has 5 heteroatoms. The number of aliphatic carboxylic acids is 1. The molecule has 0 aromatic carbocycles. The van der Waals surface area contributed by atoms with Gasteiger partial charge in [0.05, 0.1) is 0 Å². The molecule has 0 saturated heterocycles. The van der Waals surface area contributed by atoms with E-state index in [-0.39, 0.29) is 5.41 Å². The average Bonchev–Trinajstić information content (AvgIpc) is 3.01. The summed E-state index contributed by atoms with van der Waals surface area (Å²) in [5.74, 6) is -0.961. The monoisotopic (exact) mass is 285 g/mol. The fourth-order valence-electron chi connectivity index (χ4n) is 2.41. The first kappa shape index (κ1) is 16.8. The molecule has 5 nitrogen and oxygen atoms in total. The van der Waals surface area contributed by atoms with Gasteiger partial charge >= 0.3 is 12.1 Å². The van der Waals surface area contributed by atoms with E-state index in [0.29, 0.717) is 13.0 Å². The molecule has 20 heavy (non-hydrogen) atoms. The van der Waals surface area contributed by atoms with Crippen molar-refractivity contribution < 1.29 is 19.4 Å². The van der Waals surface area contributed by atoms with Gasteiger partial charge in [0.2, 0.25) is 0 Å². The topological polar surface area (TPSA) is 66.8 Å². The van der Waals surface area contributed by atoms with E-state index in [1.54, 1.807) is 27.7 Å². The van der Waals surface area contributed by atoms with Crippen LogP contribution in [0.1, 0.15) is 60.8 Å². The Hall–Kier alpha value is -1.26. The molecular formula is C15H27NO4. The molecule has 1 saturated carbocycles. The number of nitrogens with zero attached hydrogens (tertiary/aromatic N) is 1. The molecule has 1 rings (SSSR count). The average molecular weight is 285 g/mol. The van der Waals surface area contributed by atoms with Gasteiger partial charge < -0.3 is 9.84 Å². The van der Waals surface area contributed by atoms with Crippen molar-refractivity contribution in [2.45, 2.75) is 71.9 Å². The van der Waals surface area contributed by atoms with Crippen molar-refractivity contribution in [2.24, 2.45) is 5.41 Å². The number of rotatable bonds is 5. The molecule has 1 N–H and O–H groups in total. The molecule has 1 atom stereocenters. The minimum Gasteiger partial charge on any atom is -0.479 e. The fourth-order valence-corrected chi connectivity index (χ4v) is 2.41. The van der Waals surface area contributed by atoms with E-state index < -0.39 is 23.2 Å². The third-order valence-corrected chi connectivity index (χ3v) is 4.19. The smallest absolute Gasteiger partial charge is 0.411 e. The molecule has 1 aliphatic rings. The normalized spacial score (nSPS) is 19.9. The minimum absolute atomic E-state index is 0.370. The number of ether oxygens (including phenoxy) is 1. The standard InChI is InChI=1S/C15H27NO4/c1-7-10-16(12(19)20-13(2,3)4)15(6,11(17)18)14(5)8-9-14/h7-10H2,1-6H3,(H,17,18). The van der Waals surface area contributed by atoms with Crippen LogP contribution in [-0.4, -0.2) is 39.8 Å². The predicted octanol–water partition coefficient (Wildman–Crippen LogP) is 3.28. The Morgan fingerprint density at radius 2 is 1.75 bits per heavy atom. The molecule has 0 heterocycles. The molecule has 0 spiro atoms. The van der Waals surface area contributed by atoms with Gasteiger partial charge in [0.1, 0.15) is 11.1 Å². The van der Waals surface area contributed by atoms with Crippen molar-refractivity contribution in [3.8, 4) is 0 Å². The van der Waals surface area contributed by atoms with Crippen LogP contribution in [0.3, 0.4) is 0 Å². The van der Waals surface area contributed by atoms with Crippen LogP contribution in [0.4, 0.5) is 4.79 Å². The second-order valence-electron chi connectivity index (χ2n) is 7.07. The summed E-state index contributed by atoms with van der Waals surface area (Å²) in [7, 11) is 0. The number of carbonyl (C=O) groups is 2. The highest BCUT2D eigenvalue weighted by Gasteiger charge is 2.62. The highest BCUT2D eigenvalue weighted by Crippen LogP contribution is 2.56. The van der Waals surface area contributed by atoms with E-state index in [2.05, 4.69) is 0 Å². The lowest BCUT2D eigenvalue weighted by Gasteiger charge is -2.42. The predicted molar refractivity (Wildman–Crippen MR) is 76.6 cm³/mol. The Balaban J connectivity index is 3.10. The highest BCUT2D eigenvalue weighted by atomic mass is 16.6. The van der Waals surface area contributed by atoms with Crippen LogP contribution in [0.2, 0.25) is 0 Å². The first-order chi connectivity index (χ1) is 8.98. The second-order valence-corrected chi connectivity index (χ2v) is 7.07. The van der Waals surface area contributed by atoms with Gasteiger partial charge in [-0.15, -0.1) is 0 Å². The van der Waals surface area contributed by atoms with Gasteiger partial charge in [-0.1, -0.05) is 13.8 Å². The van der Waals surface area contributed by atoms with Gasteiger partial charge in [-0.2, -0.15) is 0 Å². The molecule has 1 unspecified atom stereocenters. The summed E-state index contributed by atoms with van der Waals surface area (Å²) in [6.07, 6.45) is 1.79. The van der Waals surface area contributed by atoms with Crippen molar-refractivity contribution >= 4 is 12.1 Å². The van der Waals surface area contributed by atoms with Gasteiger partial charge in [-0.3, -0.25) is 4.90 Å². The fraction of sp³-hybridized carbons (Fsp3) is 0.867. The quantitative estimate of drug-likeness (QED) is 0.841. The molecule has 1 aliphatic carbocycles. The summed E-state index contributed by atoms with van der Waals surface area (Å²) < 4.78 is 5.40. The van der Waals surface area contributed by atoms with E-state index in [4.69, 9.17) is 4.74 Å². The van der Waals surface area contributed by atoms with Crippen LogP contribution in [0.25, 0.3) is 0 Å². The van der Waals surface area contributed by atoms with Crippen molar-refractivity contribution in [2.75, 3.05) is 6.54 Å². The van der Waals surface area contributed by atoms with E-state index in [1.165, 1.54) is 4.90 Å². The van der Waals surface area contributed by atoms with Gasteiger partial charge in [-0.05, 0) is 47.0 Å². The van der Waals surface area contributed by atoms with Crippen LogP contribution < -0.4 is 0 Å². The van der Waals surface area contributed by atoms with Gasteiger partial charge in [0, 0.05) is 12.0 Å². The summed E-state index contributed by atoms with van der Waals surface area (Å²) in [5.41, 5.74) is -2.22. The Labute approximate surface area is 121 Å². The molecular weight excluding hydrogens is 258 g/mol. The summed E-state index contributed by atoms with van der Waals surface area (Å²) in [6, 6.07) is 0. The zero-order valence-electron chi connectivity index (χ0n) is 13.4. The van der Waals surface area contributed by atoms with Crippen LogP contribution in [0, 0.1) is 5.41 Å². The van der Waals surface area contributed by atoms with Crippen LogP contribution in [-0.2, 0) is 9.53 Å². The number of carboxylic acids is 1. The molecule has 0 radical (unpaired) electrons. The molecule has 1 fully saturated rings. The van der Waals surface area contributed by atoms with Crippen LogP contribution in [0.5, 0.6) is 0 Å². The third kappa shape index (κ3) is 3.07. The zero-order valence-corrected chi connectivity index (χ0v) is 13.4. The Morgan fingerprint density at radius 3 is 2.05 bits per heavy atom. The SMILES string of the molecule is CCCN(C(=O)OC(C)(C)C)C(C)(C(=O)O)C1(C)CC1. The van der Waals surface area contributed by atoms with Crippen LogP contribution >= 0.6 is 0 Å². The van der Waals surface area contributed by atoms with E-state index >= 15 is 0 Å². The van der Waals surface area contributed by atoms with E-state index in [0.717, 1.165) is 12.8 Å². The van der Waals surface area contributed by atoms with Crippen molar-refractivity contribution in [3.05, 3.63) is 0 Å². The van der Waals surface area contributed by atoms with Gasteiger partial charge in [-0.25, -0.2) is 9.59 Å². The largest absolute Gasteiger partial charge is 0.479 e. The number of carboxylic acid groups (broad SMARTS) is 1. The summed E-state index contributed by atoms with van der Waals surface area (Å²) in [6.45, 7) is 11.2. The molecule has 0 bridgehead atoms. The van der Waals surface area contributed by atoms with Crippen LogP contribution in [0.15, 0.2) is 0 Å². The van der Waals surface area contributed by atoms with E-state index in [1.807, 2.05) is 13.8 Å². The Bertz CT molecular complexity index is 395. The highest BCUT2D eigenvalue weighted by molar-refractivity contribution is 5.85. The Kier molecular flexibility index (Phi) is 4.42. The molecule has 1 amide bonds. The number of carbonyl (C=O) groups excluding carboxylic acids is 1. The maximum absolute atomic E-state index is 12.4. The first-order valence-corrected chi connectivity index (χ1v) is 7.22. The molecule has 116 valence electrons. The number of hydrogen-bond acceptors (Lipinski definition) is 3. The lowest BCUT2D eigenvalue weighted by molar-refractivity contribution is -0.155. The lowest BCUT2D eigenvalue weighted by Crippen LogP contribution is -2.61. The van der Waals surface area contributed by atoms with Gasteiger partial charge in [0.15, 0.2) is 0 Å². The molecule has 0 aromatic heterocycles. The lowest BCUT2D eigenvalue weighted by atomic mass is 9.82. The number of amides is 1. The van der Waals surface area contributed by atoms with Crippen molar-refractivity contribution in [1.82, 2.24) is 4.90 Å². The number of hydrogen-bond donors (Lipinski definition) is 1. The van der Waals surface area contributed by atoms with Crippen molar-refractivity contribution in [1.29, 1.82) is 0 Å². The van der Waals surface area contributed by atoms with Gasteiger partial charge in [0.25, 0.3) is 0 Å². The molecule has 0 aliphatic heterocycles. The summed E-state index contributed by atoms with van der Waals surface area (Å²) >= 11 is 0. The maximum Gasteiger partial charge on any atom is 0.411 e. The minimum atomic E-state index is -1.22. The zero-order chi connectivity index (χ0) is 15.8. The first-order valence-electron chi connectivity index (χ1n) is 7.22.